The van der Waals surface area contributed by atoms with Gasteiger partial charge in [-0.25, -0.2) is 0 Å². The first-order valence-electron chi connectivity index (χ1n) is 0.805. The predicted octanol–water partition coefficient (Wildman–Crippen LogP) is -0.829. The topological polar surface area (TPSA) is 62.2 Å². The van der Waals surface area contributed by atoms with Gasteiger partial charge in [-0.15, -0.1) is 0 Å². The van der Waals surface area contributed by atoms with Crippen molar-refractivity contribution in [2.24, 2.45) is 10.9 Å². The first kappa shape index (κ1) is 3.27. The van der Waals surface area contributed by atoms with Gasteiger partial charge in [0.15, 0.2) is 0 Å². The smallest absolute Gasteiger partial charge is 0.126 e. The van der Waals surface area contributed by atoms with E-state index < -0.39 is 0 Å². The van der Waals surface area contributed by atoms with Gasteiger partial charge < -0.3 is 5.84 Å². The number of nitrogens with two attached hydrogens (primary N) is 1. The molecular formula is CH4N3. The molecule has 3 heteroatoms. The molecule has 0 aliphatic carbocycles. The van der Waals surface area contributed by atoms with Crippen molar-refractivity contribution in [1.82, 2.24) is 5.73 Å². The van der Waals surface area contributed by atoms with E-state index in [1.165, 1.54) is 0 Å². The van der Waals surface area contributed by atoms with E-state index in [4.69, 9.17) is 5.73 Å². The summed E-state index contributed by atoms with van der Waals surface area (Å²) >= 11 is 0. The van der Waals surface area contributed by atoms with Gasteiger partial charge in [0, 0.05) is 0 Å². The van der Waals surface area contributed by atoms with Gasteiger partial charge in [-0.3, -0.25) is 5.73 Å². The molecule has 3 nitrogen and oxygen atoms in total. The highest BCUT2D eigenvalue weighted by Gasteiger charge is 1.32. The Hall–Kier alpha value is -0.730. The fraction of sp³-hybridized carbons (Fsp3) is 0. The van der Waals surface area contributed by atoms with Crippen molar-refractivity contribution < 1.29 is 0 Å². The van der Waals surface area contributed by atoms with Gasteiger partial charge in [-0.2, -0.15) is 5.10 Å². The molecule has 23 valence electrons. The minimum absolute atomic E-state index is 0.778. The molecule has 0 bridgehead atoms. The number of hydrazone groups is 1. The second kappa shape index (κ2) is 2.27. The van der Waals surface area contributed by atoms with Gasteiger partial charge in [0.2, 0.25) is 0 Å². The minimum atomic E-state index is 0.778. The van der Waals surface area contributed by atoms with Crippen LogP contribution in [0.1, 0.15) is 0 Å². The molecule has 0 aromatic heterocycles. The third-order valence-electron chi connectivity index (χ3n) is 0.0745. The highest BCUT2D eigenvalue weighted by molar-refractivity contribution is 5.49. The number of nitrogens with zero attached hydrogens (tertiary/aromatic N) is 1. The van der Waals surface area contributed by atoms with Crippen molar-refractivity contribution in [3.05, 3.63) is 0 Å². The van der Waals surface area contributed by atoms with E-state index in [9.17, 15) is 0 Å². The Morgan fingerprint density at radius 3 is 2.25 bits per heavy atom. The van der Waals surface area contributed by atoms with Crippen LogP contribution < -0.4 is 11.6 Å². The van der Waals surface area contributed by atoms with Crippen molar-refractivity contribution in [3.8, 4) is 0 Å². The van der Waals surface area contributed by atoms with Crippen LogP contribution in [0.5, 0.6) is 0 Å². The second-order valence-electron chi connectivity index (χ2n) is 0.278. The van der Waals surface area contributed by atoms with E-state index in [0.717, 1.165) is 6.34 Å². The lowest BCUT2D eigenvalue weighted by atomic mass is 11.4. The fourth-order valence-corrected chi connectivity index (χ4v) is 0. The maximum absolute atomic E-state index is 6.03. The van der Waals surface area contributed by atoms with Crippen molar-refractivity contribution in [2.45, 2.75) is 0 Å². The zero-order valence-electron chi connectivity index (χ0n) is 2.10. The van der Waals surface area contributed by atoms with Gasteiger partial charge in [-0.05, 0) is 0 Å². The third kappa shape index (κ3) is 1.27. The summed E-state index contributed by atoms with van der Waals surface area (Å²) in [5, 5.41) is 2.78. The molecule has 4 heavy (non-hydrogen) atoms. The Morgan fingerprint density at radius 2 is 2.25 bits per heavy atom. The third-order valence-corrected chi connectivity index (χ3v) is 0.0745. The molecule has 0 saturated carbocycles. The van der Waals surface area contributed by atoms with Crippen LogP contribution in [-0.2, 0) is 0 Å². The Labute approximate surface area is 24.3 Å². The van der Waals surface area contributed by atoms with E-state index in [1.54, 1.807) is 0 Å². The van der Waals surface area contributed by atoms with E-state index >= 15 is 0 Å². The van der Waals surface area contributed by atoms with Gasteiger partial charge >= 0.3 is 0 Å². The summed E-state index contributed by atoms with van der Waals surface area (Å²) < 4.78 is 0. The maximum Gasteiger partial charge on any atom is 0.126 e. The largest absolute Gasteiger partial charge is 0.322 e. The molecule has 3 N–H and O–H groups in total. The highest BCUT2D eigenvalue weighted by atomic mass is 15.1. The van der Waals surface area contributed by atoms with Gasteiger partial charge in [-0.1, -0.05) is 0 Å². The molecule has 0 amide bonds. The van der Waals surface area contributed by atoms with E-state index in [0.29, 0.717) is 0 Å². The van der Waals surface area contributed by atoms with Gasteiger partial charge in [0.05, 0.1) is 0 Å². The molecule has 0 rings (SSSR count). The Balaban J connectivity index is 2.55. The molecule has 0 unspecified atom stereocenters. The molecule has 0 aromatic carbocycles. The van der Waals surface area contributed by atoms with Gasteiger partial charge in [0.1, 0.15) is 6.34 Å². The lowest BCUT2D eigenvalue weighted by Gasteiger charge is -1.55. The van der Waals surface area contributed by atoms with Crippen LogP contribution >= 0.6 is 0 Å². The Morgan fingerprint density at radius 1 is 2.00 bits per heavy atom. The van der Waals surface area contributed by atoms with E-state index in [-0.39, 0.29) is 0 Å². The van der Waals surface area contributed by atoms with Crippen LogP contribution in [-0.4, -0.2) is 6.34 Å². The van der Waals surface area contributed by atoms with Crippen LogP contribution in [0.3, 0.4) is 0 Å². The Kier molecular flexibility index (Phi) is 1.86. The number of nitrogens with one attached hydrogen (secondary N) is 1. The summed E-state index contributed by atoms with van der Waals surface area (Å²) in [5.41, 5.74) is 6.03. The molecule has 0 fully saturated rings. The molecule has 0 aliphatic heterocycles. The minimum Gasteiger partial charge on any atom is -0.322 e. The monoisotopic (exact) mass is 58.0 g/mol. The summed E-state index contributed by atoms with van der Waals surface area (Å²) in [6, 6.07) is 0. The second-order valence-corrected chi connectivity index (χ2v) is 0.278. The quantitative estimate of drug-likeness (QED) is 0.168. The number of hydrogen-bond donors (Lipinski definition) is 1. The van der Waals surface area contributed by atoms with Crippen LogP contribution in [0, 0.1) is 0 Å². The first-order chi connectivity index (χ1) is 1.91. The average molecular weight is 58.1 g/mol. The van der Waals surface area contributed by atoms with Crippen LogP contribution in [0.4, 0.5) is 0 Å². The van der Waals surface area contributed by atoms with Crippen molar-refractivity contribution in [1.29, 1.82) is 0 Å². The van der Waals surface area contributed by atoms with Crippen LogP contribution in [0.15, 0.2) is 5.10 Å². The molecule has 0 atom stereocenters. The number of hydrogen-bond acceptors (Lipinski definition) is 2. The van der Waals surface area contributed by atoms with Crippen LogP contribution in [0.25, 0.3) is 0 Å². The molecule has 0 saturated heterocycles. The summed E-state index contributed by atoms with van der Waals surface area (Å²) in [4.78, 5) is 0. The Bertz CT molecular complexity index is 18.5. The highest BCUT2D eigenvalue weighted by Crippen LogP contribution is 1.20. The maximum atomic E-state index is 6.03. The summed E-state index contributed by atoms with van der Waals surface area (Å²) in [5.74, 6) is 4.41. The molecule has 0 heterocycles. The molecule has 1 radical (unpaired) electrons. The summed E-state index contributed by atoms with van der Waals surface area (Å²) in [7, 11) is 0. The summed E-state index contributed by atoms with van der Waals surface area (Å²) in [6.45, 7) is 0. The lowest BCUT2D eigenvalue weighted by Crippen LogP contribution is -1.79. The number of rotatable bonds is 0. The SMILES string of the molecule is [NH]C=NN. The molecular weight excluding hydrogens is 54.0 g/mol. The summed E-state index contributed by atoms with van der Waals surface area (Å²) in [6.07, 6.45) is 0.778. The normalized spacial score (nSPS) is 9.00. The average Bonchev–Trinajstić information content (AvgIpc) is 1.37. The first-order valence-corrected chi connectivity index (χ1v) is 0.805. The molecule has 0 aliphatic rings. The lowest BCUT2D eigenvalue weighted by molar-refractivity contribution is 1.25. The standard InChI is InChI=1S/CH4N3/c2-1-4-3/h1-2H,3H2. The van der Waals surface area contributed by atoms with Crippen molar-refractivity contribution >= 4 is 6.34 Å². The zero-order chi connectivity index (χ0) is 3.41. The van der Waals surface area contributed by atoms with E-state index in [2.05, 4.69) is 10.9 Å². The predicted molar refractivity (Wildman–Crippen MR) is 15.8 cm³/mol. The van der Waals surface area contributed by atoms with E-state index in [1.807, 2.05) is 0 Å². The van der Waals surface area contributed by atoms with Crippen LogP contribution in [0.2, 0.25) is 0 Å². The van der Waals surface area contributed by atoms with Gasteiger partial charge in [0.25, 0.3) is 0 Å². The fourth-order valence-electron chi connectivity index (χ4n) is 0. The zero-order valence-corrected chi connectivity index (χ0v) is 2.10. The molecule has 0 aromatic rings. The molecule has 0 spiro atoms. The van der Waals surface area contributed by atoms with Crippen molar-refractivity contribution in [2.75, 3.05) is 0 Å². The van der Waals surface area contributed by atoms with Crippen molar-refractivity contribution in [3.63, 3.8) is 0 Å².